The molecule has 4 heterocycles. The van der Waals surface area contributed by atoms with Crippen LogP contribution in [0.5, 0.6) is 5.88 Å². The molecule has 9 nitrogen and oxygen atoms in total. The predicted molar refractivity (Wildman–Crippen MR) is 113 cm³/mol. The van der Waals surface area contributed by atoms with Gasteiger partial charge in [-0.2, -0.15) is 4.98 Å². The van der Waals surface area contributed by atoms with Gasteiger partial charge in [0.25, 0.3) is 0 Å². The van der Waals surface area contributed by atoms with Gasteiger partial charge in [-0.15, -0.1) is 5.10 Å². The number of nitrogens with zero attached hydrogens (tertiary/aromatic N) is 6. The standard InChI is InChI=1S/C21H25N7O2/c1-3-30-16-6-4-15(5-7-16)24-20-25-19(29-2)18-17(8-10-28(18)26-20)14-12-23-21-22-9-11-27(21)13-14/h8-13,15-16H,3-7H2,1-2H3,(H,24,26)/t15-,16-. The Labute approximate surface area is 174 Å². The molecule has 1 fully saturated rings. The van der Waals surface area contributed by atoms with Gasteiger partial charge in [0.15, 0.2) is 0 Å². The average molecular weight is 407 g/mol. The van der Waals surface area contributed by atoms with E-state index in [-0.39, 0.29) is 0 Å². The smallest absolute Gasteiger partial charge is 0.244 e. The first-order valence-corrected chi connectivity index (χ1v) is 10.4. The van der Waals surface area contributed by atoms with Crippen LogP contribution in [-0.2, 0) is 4.74 Å². The average Bonchev–Trinajstić information content (AvgIpc) is 3.41. The summed E-state index contributed by atoms with van der Waals surface area (Å²) in [6, 6.07) is 2.34. The van der Waals surface area contributed by atoms with E-state index in [4.69, 9.17) is 9.47 Å². The third-order valence-corrected chi connectivity index (χ3v) is 5.64. The van der Waals surface area contributed by atoms with Crippen LogP contribution < -0.4 is 10.1 Å². The molecule has 5 rings (SSSR count). The predicted octanol–water partition coefficient (Wildman–Crippen LogP) is 3.21. The van der Waals surface area contributed by atoms with Crippen molar-refractivity contribution in [3.8, 4) is 17.0 Å². The summed E-state index contributed by atoms with van der Waals surface area (Å²) in [5.41, 5.74) is 2.71. The molecule has 0 radical (unpaired) electrons. The molecule has 0 spiro atoms. The van der Waals surface area contributed by atoms with Crippen LogP contribution >= 0.6 is 0 Å². The van der Waals surface area contributed by atoms with Gasteiger partial charge in [-0.25, -0.2) is 14.5 Å². The summed E-state index contributed by atoms with van der Waals surface area (Å²) in [6.45, 7) is 2.83. The molecule has 1 aliphatic rings. The molecule has 1 saturated carbocycles. The lowest BCUT2D eigenvalue weighted by Gasteiger charge is -2.28. The fourth-order valence-electron chi connectivity index (χ4n) is 4.18. The molecule has 4 aromatic heterocycles. The topological polar surface area (TPSA) is 90.9 Å². The summed E-state index contributed by atoms with van der Waals surface area (Å²) < 4.78 is 15.1. The minimum atomic E-state index is 0.340. The van der Waals surface area contributed by atoms with Crippen molar-refractivity contribution in [1.82, 2.24) is 29.0 Å². The lowest BCUT2D eigenvalue weighted by molar-refractivity contribution is 0.0346. The van der Waals surface area contributed by atoms with Crippen molar-refractivity contribution < 1.29 is 9.47 Å². The molecule has 30 heavy (non-hydrogen) atoms. The molecule has 0 bridgehead atoms. The Hall–Kier alpha value is -3.20. The van der Waals surface area contributed by atoms with Crippen LogP contribution in [0.1, 0.15) is 32.6 Å². The number of aromatic nitrogens is 6. The number of methoxy groups -OCH3 is 1. The number of nitrogens with one attached hydrogen (secondary N) is 1. The van der Waals surface area contributed by atoms with Crippen molar-refractivity contribution >= 4 is 17.2 Å². The van der Waals surface area contributed by atoms with Crippen LogP contribution in [0.3, 0.4) is 0 Å². The van der Waals surface area contributed by atoms with Crippen LogP contribution in [-0.4, -0.2) is 54.8 Å². The van der Waals surface area contributed by atoms with E-state index in [2.05, 4.69) is 32.3 Å². The molecule has 156 valence electrons. The third kappa shape index (κ3) is 3.45. The molecule has 1 N–H and O–H groups in total. The van der Waals surface area contributed by atoms with E-state index in [1.165, 1.54) is 0 Å². The Morgan fingerprint density at radius 2 is 2.03 bits per heavy atom. The Kier molecular flexibility index (Phi) is 4.96. The Morgan fingerprint density at radius 1 is 1.17 bits per heavy atom. The molecular formula is C21H25N7O2. The highest BCUT2D eigenvalue weighted by molar-refractivity contribution is 5.84. The fraction of sp³-hybridized carbons (Fsp3) is 0.429. The van der Waals surface area contributed by atoms with Crippen molar-refractivity contribution in [2.75, 3.05) is 19.0 Å². The second-order valence-electron chi connectivity index (χ2n) is 7.52. The molecule has 4 aromatic rings. The van der Waals surface area contributed by atoms with Gasteiger partial charge < -0.3 is 14.8 Å². The van der Waals surface area contributed by atoms with Crippen molar-refractivity contribution in [2.24, 2.45) is 0 Å². The maximum Gasteiger partial charge on any atom is 0.244 e. The van der Waals surface area contributed by atoms with Gasteiger partial charge in [-0.05, 0) is 38.7 Å². The third-order valence-electron chi connectivity index (χ3n) is 5.64. The first kappa shape index (κ1) is 18.8. The summed E-state index contributed by atoms with van der Waals surface area (Å²) in [7, 11) is 1.63. The highest BCUT2D eigenvalue weighted by atomic mass is 16.5. The van der Waals surface area contributed by atoms with E-state index in [0.29, 0.717) is 29.8 Å². The maximum absolute atomic E-state index is 5.75. The molecule has 0 unspecified atom stereocenters. The molecule has 0 amide bonds. The summed E-state index contributed by atoms with van der Waals surface area (Å²) in [5.74, 6) is 1.77. The maximum atomic E-state index is 5.75. The molecule has 0 atom stereocenters. The van der Waals surface area contributed by atoms with Crippen LogP contribution in [0, 0.1) is 0 Å². The van der Waals surface area contributed by atoms with Crippen molar-refractivity contribution in [1.29, 1.82) is 0 Å². The zero-order chi connectivity index (χ0) is 20.5. The first-order valence-electron chi connectivity index (χ1n) is 10.4. The van der Waals surface area contributed by atoms with Gasteiger partial charge in [0, 0.05) is 54.8 Å². The summed E-state index contributed by atoms with van der Waals surface area (Å²) >= 11 is 0. The largest absolute Gasteiger partial charge is 0.479 e. The normalized spacial score (nSPS) is 19.4. The Bertz CT molecular complexity index is 1160. The van der Waals surface area contributed by atoms with E-state index < -0.39 is 0 Å². The summed E-state index contributed by atoms with van der Waals surface area (Å²) in [4.78, 5) is 13.3. The molecule has 0 aliphatic heterocycles. The van der Waals surface area contributed by atoms with E-state index in [1.54, 1.807) is 19.5 Å². The van der Waals surface area contributed by atoms with Crippen molar-refractivity contribution in [2.45, 2.75) is 44.8 Å². The quantitative estimate of drug-likeness (QED) is 0.525. The van der Waals surface area contributed by atoms with E-state index in [1.807, 2.05) is 33.6 Å². The van der Waals surface area contributed by atoms with Crippen LogP contribution in [0.15, 0.2) is 37.1 Å². The second-order valence-corrected chi connectivity index (χ2v) is 7.52. The van der Waals surface area contributed by atoms with Gasteiger partial charge in [0.1, 0.15) is 5.52 Å². The number of imidazole rings is 1. The number of hydrogen-bond donors (Lipinski definition) is 1. The minimum Gasteiger partial charge on any atom is -0.479 e. The summed E-state index contributed by atoms with van der Waals surface area (Å²) in [5, 5.41) is 8.15. The van der Waals surface area contributed by atoms with Gasteiger partial charge >= 0.3 is 0 Å². The fourth-order valence-corrected chi connectivity index (χ4v) is 4.18. The van der Waals surface area contributed by atoms with E-state index in [0.717, 1.165) is 48.9 Å². The Balaban J connectivity index is 1.43. The van der Waals surface area contributed by atoms with E-state index >= 15 is 0 Å². The number of anilines is 1. The molecule has 0 saturated heterocycles. The van der Waals surface area contributed by atoms with Gasteiger partial charge in [-0.1, -0.05) is 0 Å². The molecule has 1 aliphatic carbocycles. The Morgan fingerprint density at radius 3 is 2.83 bits per heavy atom. The zero-order valence-corrected chi connectivity index (χ0v) is 17.2. The lowest BCUT2D eigenvalue weighted by atomic mass is 9.93. The van der Waals surface area contributed by atoms with Crippen molar-refractivity contribution in [3.63, 3.8) is 0 Å². The lowest BCUT2D eigenvalue weighted by Crippen LogP contribution is -2.30. The zero-order valence-electron chi connectivity index (χ0n) is 17.2. The SMILES string of the molecule is CCO[C@H]1CC[C@H](Nc2nc(OC)c3c(-c4cnc5nccn5c4)ccn3n2)CC1. The number of ether oxygens (including phenoxy) is 2. The number of hydrogen-bond acceptors (Lipinski definition) is 7. The van der Waals surface area contributed by atoms with Gasteiger partial charge in [-0.3, -0.25) is 4.40 Å². The van der Waals surface area contributed by atoms with Gasteiger partial charge in [0.05, 0.1) is 13.2 Å². The molecular weight excluding hydrogens is 382 g/mol. The highest BCUT2D eigenvalue weighted by Crippen LogP contribution is 2.31. The molecule has 9 heteroatoms. The minimum absolute atomic E-state index is 0.340. The van der Waals surface area contributed by atoms with E-state index in [9.17, 15) is 0 Å². The van der Waals surface area contributed by atoms with Crippen LogP contribution in [0.4, 0.5) is 5.95 Å². The molecule has 0 aromatic carbocycles. The summed E-state index contributed by atoms with van der Waals surface area (Å²) in [6.07, 6.45) is 13.9. The van der Waals surface area contributed by atoms with Gasteiger partial charge in [0.2, 0.25) is 17.6 Å². The van der Waals surface area contributed by atoms with Crippen molar-refractivity contribution in [3.05, 3.63) is 37.1 Å². The number of fused-ring (bicyclic) bond motifs is 2. The monoisotopic (exact) mass is 407 g/mol. The first-order chi connectivity index (χ1) is 14.7. The van der Waals surface area contributed by atoms with Crippen LogP contribution in [0.25, 0.3) is 22.4 Å². The second kappa shape index (κ2) is 7.91. The van der Waals surface area contributed by atoms with Crippen LogP contribution in [0.2, 0.25) is 0 Å². The highest BCUT2D eigenvalue weighted by Gasteiger charge is 2.23. The number of rotatable bonds is 6.